The Morgan fingerprint density at radius 1 is 1.40 bits per heavy atom. The highest BCUT2D eigenvalue weighted by Crippen LogP contribution is 2.36. The first-order chi connectivity index (χ1) is 7.14. The first-order valence-corrected chi connectivity index (χ1v) is 5.75. The van der Waals surface area contributed by atoms with Gasteiger partial charge in [0.1, 0.15) is 6.10 Å². The standard InChI is InChI=1S/C11H21NO3/c1-11(14-8-10(7-13)15-11)9-3-5-12(2)6-4-9/h9-10,13H,3-8H2,1-2H3. The van der Waals surface area contributed by atoms with Gasteiger partial charge in [-0.15, -0.1) is 0 Å². The fourth-order valence-corrected chi connectivity index (χ4v) is 2.49. The molecule has 4 nitrogen and oxygen atoms in total. The zero-order valence-electron chi connectivity index (χ0n) is 9.61. The van der Waals surface area contributed by atoms with Crippen LogP contribution in [-0.2, 0) is 9.47 Å². The van der Waals surface area contributed by atoms with Gasteiger partial charge in [0.25, 0.3) is 0 Å². The molecule has 2 saturated heterocycles. The number of likely N-dealkylation sites (tertiary alicyclic amines) is 1. The van der Waals surface area contributed by atoms with Crippen LogP contribution < -0.4 is 0 Å². The van der Waals surface area contributed by atoms with Crippen molar-refractivity contribution in [2.75, 3.05) is 33.4 Å². The minimum Gasteiger partial charge on any atom is -0.394 e. The maximum absolute atomic E-state index is 9.03. The molecule has 4 heteroatoms. The normalized spacial score (nSPS) is 39.8. The summed E-state index contributed by atoms with van der Waals surface area (Å²) >= 11 is 0. The van der Waals surface area contributed by atoms with E-state index in [4.69, 9.17) is 14.6 Å². The molecule has 15 heavy (non-hydrogen) atoms. The molecule has 2 heterocycles. The van der Waals surface area contributed by atoms with Gasteiger partial charge in [0.05, 0.1) is 13.2 Å². The molecule has 88 valence electrons. The van der Waals surface area contributed by atoms with Gasteiger partial charge in [-0.2, -0.15) is 0 Å². The van der Waals surface area contributed by atoms with E-state index in [9.17, 15) is 0 Å². The molecule has 0 amide bonds. The van der Waals surface area contributed by atoms with Crippen molar-refractivity contribution in [3.05, 3.63) is 0 Å². The van der Waals surface area contributed by atoms with Crippen molar-refractivity contribution in [1.29, 1.82) is 0 Å². The molecule has 0 spiro atoms. The van der Waals surface area contributed by atoms with Gasteiger partial charge < -0.3 is 19.5 Å². The van der Waals surface area contributed by atoms with E-state index in [1.165, 1.54) is 0 Å². The number of aliphatic hydroxyl groups excluding tert-OH is 1. The Hall–Kier alpha value is -0.160. The van der Waals surface area contributed by atoms with Crippen LogP contribution in [0.1, 0.15) is 19.8 Å². The second-order valence-corrected chi connectivity index (χ2v) is 4.83. The Balaban J connectivity index is 1.92. The molecule has 0 saturated carbocycles. The third-order valence-electron chi connectivity index (χ3n) is 3.62. The van der Waals surface area contributed by atoms with E-state index < -0.39 is 5.79 Å². The summed E-state index contributed by atoms with van der Waals surface area (Å²) in [4.78, 5) is 2.33. The highest BCUT2D eigenvalue weighted by atomic mass is 16.7. The fourth-order valence-electron chi connectivity index (χ4n) is 2.49. The van der Waals surface area contributed by atoms with Crippen LogP contribution in [0, 0.1) is 5.92 Å². The fraction of sp³-hybridized carbons (Fsp3) is 1.00. The Bertz CT molecular complexity index is 216. The Kier molecular flexibility index (Phi) is 3.30. The summed E-state index contributed by atoms with van der Waals surface area (Å²) in [6.45, 7) is 4.81. The third kappa shape index (κ3) is 2.33. The minimum absolute atomic E-state index is 0.0578. The molecule has 2 aliphatic heterocycles. The Labute approximate surface area is 91.2 Å². The van der Waals surface area contributed by atoms with E-state index in [0.29, 0.717) is 12.5 Å². The van der Waals surface area contributed by atoms with Gasteiger partial charge in [0.15, 0.2) is 5.79 Å². The van der Waals surface area contributed by atoms with Crippen LogP contribution in [0.5, 0.6) is 0 Å². The zero-order chi connectivity index (χ0) is 10.9. The lowest BCUT2D eigenvalue weighted by atomic mass is 9.89. The van der Waals surface area contributed by atoms with E-state index >= 15 is 0 Å². The van der Waals surface area contributed by atoms with Crippen molar-refractivity contribution in [3.63, 3.8) is 0 Å². The number of aliphatic hydroxyl groups is 1. The average Bonchev–Trinajstić information content (AvgIpc) is 2.62. The highest BCUT2D eigenvalue weighted by molar-refractivity contribution is 4.85. The van der Waals surface area contributed by atoms with Gasteiger partial charge >= 0.3 is 0 Å². The molecule has 0 aromatic heterocycles. The Morgan fingerprint density at radius 3 is 2.60 bits per heavy atom. The molecular formula is C11H21NO3. The molecule has 0 bridgehead atoms. The smallest absolute Gasteiger partial charge is 0.169 e. The van der Waals surface area contributed by atoms with Gasteiger partial charge in [-0.25, -0.2) is 0 Å². The number of hydrogen-bond donors (Lipinski definition) is 1. The van der Waals surface area contributed by atoms with Crippen molar-refractivity contribution in [1.82, 2.24) is 4.90 Å². The second-order valence-electron chi connectivity index (χ2n) is 4.83. The molecule has 2 unspecified atom stereocenters. The second kappa shape index (κ2) is 4.37. The summed E-state index contributed by atoms with van der Waals surface area (Å²) in [7, 11) is 2.14. The summed E-state index contributed by atoms with van der Waals surface area (Å²) in [6.07, 6.45) is 2.10. The van der Waals surface area contributed by atoms with E-state index in [0.717, 1.165) is 25.9 Å². The van der Waals surface area contributed by atoms with E-state index in [2.05, 4.69) is 11.9 Å². The van der Waals surface area contributed by atoms with E-state index in [1.54, 1.807) is 0 Å². The summed E-state index contributed by atoms with van der Waals surface area (Å²) < 4.78 is 11.5. The predicted octanol–water partition coefficient (Wildman–Crippen LogP) is 0.452. The molecule has 2 fully saturated rings. The lowest BCUT2D eigenvalue weighted by Crippen LogP contribution is -2.43. The average molecular weight is 215 g/mol. The largest absolute Gasteiger partial charge is 0.394 e. The van der Waals surface area contributed by atoms with Crippen LogP contribution in [-0.4, -0.2) is 55.2 Å². The quantitative estimate of drug-likeness (QED) is 0.726. The van der Waals surface area contributed by atoms with E-state index in [1.807, 2.05) is 6.92 Å². The van der Waals surface area contributed by atoms with Crippen LogP contribution >= 0.6 is 0 Å². The molecule has 2 rings (SSSR count). The monoisotopic (exact) mass is 215 g/mol. The lowest BCUT2D eigenvalue weighted by Gasteiger charge is -2.38. The van der Waals surface area contributed by atoms with Crippen LogP contribution in [0.4, 0.5) is 0 Å². The molecule has 2 atom stereocenters. The molecule has 2 aliphatic rings. The summed E-state index contributed by atoms with van der Waals surface area (Å²) in [5.41, 5.74) is 0. The minimum atomic E-state index is -0.464. The van der Waals surface area contributed by atoms with Gasteiger partial charge in [-0.05, 0) is 39.9 Å². The lowest BCUT2D eigenvalue weighted by molar-refractivity contribution is -0.202. The molecule has 0 aliphatic carbocycles. The number of piperidine rings is 1. The van der Waals surface area contributed by atoms with Crippen molar-refractivity contribution in [3.8, 4) is 0 Å². The zero-order valence-corrected chi connectivity index (χ0v) is 9.61. The van der Waals surface area contributed by atoms with Crippen LogP contribution in [0.3, 0.4) is 0 Å². The van der Waals surface area contributed by atoms with Crippen molar-refractivity contribution in [2.24, 2.45) is 5.92 Å². The molecule has 1 N–H and O–H groups in total. The topological polar surface area (TPSA) is 41.9 Å². The number of hydrogen-bond acceptors (Lipinski definition) is 4. The third-order valence-corrected chi connectivity index (χ3v) is 3.62. The van der Waals surface area contributed by atoms with Crippen LogP contribution in [0.15, 0.2) is 0 Å². The first kappa shape index (κ1) is 11.3. The van der Waals surface area contributed by atoms with Gasteiger partial charge in [0.2, 0.25) is 0 Å². The van der Waals surface area contributed by atoms with Crippen LogP contribution in [0.2, 0.25) is 0 Å². The first-order valence-electron chi connectivity index (χ1n) is 5.75. The summed E-state index contributed by atoms with van der Waals surface area (Å²) in [5.74, 6) is -0.000440. The Morgan fingerprint density at radius 2 is 2.07 bits per heavy atom. The van der Waals surface area contributed by atoms with Crippen molar-refractivity contribution in [2.45, 2.75) is 31.7 Å². The number of ether oxygens (including phenoxy) is 2. The number of rotatable bonds is 2. The van der Waals surface area contributed by atoms with E-state index in [-0.39, 0.29) is 12.7 Å². The number of nitrogens with zero attached hydrogens (tertiary/aromatic N) is 1. The van der Waals surface area contributed by atoms with Crippen molar-refractivity contribution >= 4 is 0 Å². The molecule has 0 aromatic carbocycles. The van der Waals surface area contributed by atoms with Gasteiger partial charge in [-0.1, -0.05) is 0 Å². The van der Waals surface area contributed by atoms with Gasteiger partial charge in [-0.3, -0.25) is 0 Å². The molecule has 0 radical (unpaired) electrons. The summed E-state index contributed by atoms with van der Waals surface area (Å²) in [5, 5.41) is 9.03. The van der Waals surface area contributed by atoms with Crippen molar-refractivity contribution < 1.29 is 14.6 Å². The molecular weight excluding hydrogens is 194 g/mol. The van der Waals surface area contributed by atoms with Gasteiger partial charge in [0, 0.05) is 5.92 Å². The summed E-state index contributed by atoms with van der Waals surface area (Å²) in [6, 6.07) is 0. The maximum atomic E-state index is 9.03. The maximum Gasteiger partial charge on any atom is 0.169 e. The predicted molar refractivity (Wildman–Crippen MR) is 56.5 cm³/mol. The highest BCUT2D eigenvalue weighted by Gasteiger charge is 2.44. The van der Waals surface area contributed by atoms with Crippen LogP contribution in [0.25, 0.3) is 0 Å². The molecule has 0 aromatic rings. The SMILES string of the molecule is CN1CCC(C2(C)OCC(CO)O2)CC1.